The van der Waals surface area contributed by atoms with Gasteiger partial charge in [-0.2, -0.15) is 0 Å². The molecule has 1 aromatic rings. The quantitative estimate of drug-likeness (QED) is 0.455. The highest BCUT2D eigenvalue weighted by atomic mass is 16.7. The van der Waals surface area contributed by atoms with E-state index in [4.69, 9.17) is 14.0 Å². The van der Waals surface area contributed by atoms with Crippen LogP contribution in [0.3, 0.4) is 0 Å². The zero-order valence-corrected chi connectivity index (χ0v) is 25.6. The first-order valence-corrected chi connectivity index (χ1v) is 15.2. The Morgan fingerprint density at radius 1 is 1.17 bits per heavy atom. The minimum atomic E-state index is -1.17. The number of carbonyl (C=O) groups is 3. The SMILES string of the molecule is CC[C@H](NC(=O)[C@H](c1ccccc1)N1CCCC(NC(=O)OC)(C(C)C)C1=O)B1OC2C[C@H]3C[C@H](C3(C)C)[C@]2(C)O1. The summed E-state index contributed by atoms with van der Waals surface area (Å²) in [4.78, 5) is 42.4. The lowest BCUT2D eigenvalue weighted by atomic mass is 9.43. The Balaban J connectivity index is 1.40. The summed E-state index contributed by atoms with van der Waals surface area (Å²) in [6, 6.07) is 8.48. The molecule has 2 bridgehead atoms. The molecule has 5 fully saturated rings. The van der Waals surface area contributed by atoms with Gasteiger partial charge in [-0.3, -0.25) is 9.59 Å². The normalized spacial score (nSPS) is 33.5. The van der Waals surface area contributed by atoms with Crippen LogP contribution in [0.15, 0.2) is 30.3 Å². The molecule has 9 nitrogen and oxygen atoms in total. The first-order chi connectivity index (χ1) is 19.4. The molecule has 41 heavy (non-hydrogen) atoms. The maximum absolute atomic E-state index is 14.2. The number of amides is 3. The van der Waals surface area contributed by atoms with Crippen LogP contribution in [0.25, 0.3) is 0 Å². The summed E-state index contributed by atoms with van der Waals surface area (Å²) in [5.74, 6) is -0.0958. The Kier molecular flexibility index (Phi) is 7.96. The number of hydrogen-bond donors (Lipinski definition) is 2. The number of nitrogens with zero attached hydrogens (tertiary/aromatic N) is 1. The van der Waals surface area contributed by atoms with Crippen LogP contribution in [0.4, 0.5) is 4.79 Å². The predicted octanol–water partition coefficient (Wildman–Crippen LogP) is 4.26. The van der Waals surface area contributed by atoms with E-state index in [-0.39, 0.29) is 40.8 Å². The van der Waals surface area contributed by atoms with Crippen LogP contribution in [0.5, 0.6) is 0 Å². The standard InChI is InChI=1S/C31H46BN3O6/c1-8-24(32-40-23-18-21-17-22(29(21,4)5)30(23,6)41-32)33-26(36)25(20-13-10-9-11-14-20)35-16-12-15-31(19(2)3,27(35)37)34-28(38)39-7/h9-11,13-14,19,21-25H,8,12,15-18H2,1-7H3,(H,33,36)(H,34,38)/t21-,22-,23?,24+,25+,30+,31?/m1/s1. The maximum atomic E-state index is 14.2. The van der Waals surface area contributed by atoms with Crippen molar-refractivity contribution in [3.63, 3.8) is 0 Å². The number of piperidine rings is 1. The van der Waals surface area contributed by atoms with E-state index in [0.717, 1.165) is 12.8 Å². The third kappa shape index (κ3) is 4.85. The number of ether oxygens (including phenoxy) is 1. The van der Waals surface area contributed by atoms with Crippen molar-refractivity contribution < 1.29 is 28.4 Å². The van der Waals surface area contributed by atoms with Crippen LogP contribution < -0.4 is 10.6 Å². The number of methoxy groups -OCH3 is 1. The summed E-state index contributed by atoms with van der Waals surface area (Å²) in [7, 11) is 0.728. The van der Waals surface area contributed by atoms with E-state index in [2.05, 4.69) is 31.4 Å². The smallest absolute Gasteiger partial charge is 0.453 e. The van der Waals surface area contributed by atoms with Gasteiger partial charge in [0.2, 0.25) is 11.8 Å². The van der Waals surface area contributed by atoms with E-state index < -0.39 is 24.8 Å². The van der Waals surface area contributed by atoms with E-state index >= 15 is 0 Å². The van der Waals surface area contributed by atoms with Gasteiger partial charge >= 0.3 is 13.2 Å². The molecule has 0 radical (unpaired) electrons. The molecule has 10 heteroatoms. The highest BCUT2D eigenvalue weighted by Crippen LogP contribution is 2.65. The largest absolute Gasteiger partial charge is 0.481 e. The van der Waals surface area contributed by atoms with Gasteiger partial charge in [-0.15, -0.1) is 0 Å². The summed E-state index contributed by atoms with van der Waals surface area (Å²) in [5.41, 5.74) is -0.609. The number of likely N-dealkylation sites (tertiary alicyclic amines) is 1. The van der Waals surface area contributed by atoms with Crippen molar-refractivity contribution in [2.24, 2.45) is 23.2 Å². The van der Waals surface area contributed by atoms with Gasteiger partial charge in [0.05, 0.1) is 24.8 Å². The molecule has 0 aromatic heterocycles. The number of hydrogen-bond acceptors (Lipinski definition) is 6. The number of carbonyl (C=O) groups excluding carboxylic acids is 3. The van der Waals surface area contributed by atoms with E-state index in [1.807, 2.05) is 51.1 Å². The number of rotatable bonds is 8. The molecule has 3 amide bonds. The lowest BCUT2D eigenvalue weighted by molar-refractivity contribution is -0.199. The second-order valence-corrected chi connectivity index (χ2v) is 13.5. The summed E-state index contributed by atoms with van der Waals surface area (Å²) in [6.45, 7) is 13.1. The molecule has 3 saturated carbocycles. The van der Waals surface area contributed by atoms with Crippen molar-refractivity contribution in [2.45, 2.75) is 103 Å². The van der Waals surface area contributed by atoms with Gasteiger partial charge in [-0.05, 0) is 67.8 Å². The Bertz CT molecular complexity index is 1160. The van der Waals surface area contributed by atoms with Crippen molar-refractivity contribution in [3.05, 3.63) is 35.9 Å². The molecule has 2 unspecified atom stereocenters. The van der Waals surface area contributed by atoms with E-state index in [9.17, 15) is 14.4 Å². The molecule has 5 aliphatic rings. The molecule has 7 atom stereocenters. The average Bonchev–Trinajstić information content (AvgIpc) is 3.31. The second kappa shape index (κ2) is 10.9. The highest BCUT2D eigenvalue weighted by Gasteiger charge is 2.68. The third-order valence-corrected chi connectivity index (χ3v) is 10.8. The lowest BCUT2D eigenvalue weighted by Gasteiger charge is -2.64. The number of alkyl carbamates (subject to hydrolysis) is 1. The highest BCUT2D eigenvalue weighted by molar-refractivity contribution is 6.47. The summed E-state index contributed by atoms with van der Waals surface area (Å²) in [5, 5.41) is 6.04. The van der Waals surface area contributed by atoms with Crippen LogP contribution >= 0.6 is 0 Å². The number of nitrogens with one attached hydrogen (secondary N) is 2. The van der Waals surface area contributed by atoms with Crippen molar-refractivity contribution in [3.8, 4) is 0 Å². The van der Waals surface area contributed by atoms with Gasteiger partial charge < -0.3 is 29.6 Å². The molecule has 1 aromatic carbocycles. The Morgan fingerprint density at radius 3 is 2.49 bits per heavy atom. The van der Waals surface area contributed by atoms with Crippen LogP contribution in [-0.4, -0.2) is 66.8 Å². The lowest BCUT2D eigenvalue weighted by Crippen LogP contribution is -2.66. The minimum absolute atomic E-state index is 0.0138. The summed E-state index contributed by atoms with van der Waals surface area (Å²) in [6.07, 6.45) is 3.20. The Morgan fingerprint density at radius 2 is 1.88 bits per heavy atom. The molecule has 2 N–H and O–H groups in total. The van der Waals surface area contributed by atoms with Crippen LogP contribution in [-0.2, 0) is 23.6 Å². The monoisotopic (exact) mass is 567 g/mol. The fraction of sp³-hybridized carbons (Fsp3) is 0.710. The van der Waals surface area contributed by atoms with Gasteiger partial charge in [-0.1, -0.05) is 65.0 Å². The average molecular weight is 568 g/mol. The summed E-state index contributed by atoms with van der Waals surface area (Å²) >= 11 is 0. The van der Waals surface area contributed by atoms with Crippen molar-refractivity contribution in [1.82, 2.24) is 15.5 Å². The molecule has 2 heterocycles. The zero-order valence-electron chi connectivity index (χ0n) is 25.6. The van der Waals surface area contributed by atoms with Crippen molar-refractivity contribution >= 4 is 25.0 Å². The molecule has 2 saturated heterocycles. The van der Waals surface area contributed by atoms with Gasteiger partial charge in [0.1, 0.15) is 11.6 Å². The second-order valence-electron chi connectivity index (χ2n) is 13.5. The number of benzene rings is 1. The predicted molar refractivity (Wildman–Crippen MR) is 156 cm³/mol. The third-order valence-electron chi connectivity index (χ3n) is 10.8. The molecule has 2 aliphatic heterocycles. The molecule has 6 rings (SSSR count). The van der Waals surface area contributed by atoms with Crippen molar-refractivity contribution in [2.75, 3.05) is 13.7 Å². The Labute approximate surface area is 244 Å². The molecule has 0 spiro atoms. The van der Waals surface area contributed by atoms with E-state index in [1.165, 1.54) is 7.11 Å². The van der Waals surface area contributed by atoms with Gasteiger partial charge in [0, 0.05) is 6.54 Å². The van der Waals surface area contributed by atoms with Crippen LogP contribution in [0.1, 0.15) is 85.3 Å². The fourth-order valence-corrected chi connectivity index (χ4v) is 8.07. The zero-order chi connectivity index (χ0) is 29.7. The van der Waals surface area contributed by atoms with Gasteiger partial charge in [0.25, 0.3) is 0 Å². The van der Waals surface area contributed by atoms with Crippen LogP contribution in [0.2, 0.25) is 0 Å². The molecule has 3 aliphatic carbocycles. The van der Waals surface area contributed by atoms with E-state index in [0.29, 0.717) is 43.2 Å². The van der Waals surface area contributed by atoms with Gasteiger partial charge in [-0.25, -0.2) is 4.79 Å². The summed E-state index contributed by atoms with van der Waals surface area (Å²) < 4.78 is 18.1. The van der Waals surface area contributed by atoms with Gasteiger partial charge in [0.15, 0.2) is 0 Å². The molecular weight excluding hydrogens is 521 g/mol. The first-order valence-electron chi connectivity index (χ1n) is 15.2. The first kappa shape index (κ1) is 29.9. The minimum Gasteiger partial charge on any atom is -0.453 e. The van der Waals surface area contributed by atoms with Crippen molar-refractivity contribution in [1.29, 1.82) is 0 Å². The van der Waals surface area contributed by atoms with Crippen LogP contribution in [0, 0.1) is 23.2 Å². The topological polar surface area (TPSA) is 106 Å². The molecular formula is C31H46BN3O6. The Hall–Kier alpha value is -2.59. The fourth-order valence-electron chi connectivity index (χ4n) is 8.07. The molecule has 224 valence electrons. The maximum Gasteiger partial charge on any atom is 0.481 e. The van der Waals surface area contributed by atoms with E-state index in [1.54, 1.807) is 4.90 Å².